The number of halogens is 2. The number of aromatic nitrogens is 1. The summed E-state index contributed by atoms with van der Waals surface area (Å²) >= 11 is 13.4. The fourth-order valence-corrected chi connectivity index (χ4v) is 2.88. The van der Waals surface area contributed by atoms with Crippen LogP contribution in [0.3, 0.4) is 0 Å². The highest BCUT2D eigenvalue weighted by molar-refractivity contribution is 7.11. The van der Waals surface area contributed by atoms with E-state index < -0.39 is 0 Å². The molecule has 0 atom stereocenters. The van der Waals surface area contributed by atoms with Crippen molar-refractivity contribution in [3.8, 4) is 0 Å². The van der Waals surface area contributed by atoms with Crippen LogP contribution in [0, 0.1) is 6.92 Å². The Kier molecular flexibility index (Phi) is 4.80. The monoisotopic (exact) mass is 314 g/mol. The van der Waals surface area contributed by atoms with E-state index >= 15 is 0 Å². The molecule has 1 aromatic heterocycles. The molecule has 2 rings (SSSR count). The molecule has 100 valence electrons. The number of hydrogen-bond donors (Lipinski definition) is 1. The van der Waals surface area contributed by atoms with Crippen LogP contribution in [0.5, 0.6) is 0 Å². The zero-order valence-electron chi connectivity index (χ0n) is 10.2. The molecule has 19 heavy (non-hydrogen) atoms. The third-order valence-corrected chi connectivity index (χ3v) is 4.02. The molecule has 2 aromatic rings. The van der Waals surface area contributed by atoms with E-state index in [-0.39, 0.29) is 5.91 Å². The largest absolute Gasteiger partial charge is 0.352 e. The summed E-state index contributed by atoms with van der Waals surface area (Å²) in [5.41, 5.74) is 0.437. The van der Waals surface area contributed by atoms with Crippen LogP contribution in [0.25, 0.3) is 0 Å². The fourth-order valence-electron chi connectivity index (χ4n) is 1.59. The first kappa shape index (κ1) is 14.3. The highest BCUT2D eigenvalue weighted by atomic mass is 35.5. The second kappa shape index (κ2) is 6.37. The highest BCUT2D eigenvalue weighted by Crippen LogP contribution is 2.20. The van der Waals surface area contributed by atoms with Crippen LogP contribution in [0.2, 0.25) is 10.0 Å². The molecule has 1 heterocycles. The number of amides is 1. The molecule has 3 nitrogen and oxygen atoms in total. The second-order valence-corrected chi connectivity index (χ2v) is 6.14. The molecule has 0 unspecified atom stereocenters. The molecule has 0 aliphatic heterocycles. The average Bonchev–Trinajstić information content (AvgIpc) is 2.75. The molecule has 0 radical (unpaired) electrons. The number of carbonyl (C=O) groups is 1. The maximum absolute atomic E-state index is 11.9. The smallest absolute Gasteiger partial charge is 0.252 e. The van der Waals surface area contributed by atoms with Crippen molar-refractivity contribution in [2.24, 2.45) is 0 Å². The van der Waals surface area contributed by atoms with Gasteiger partial charge in [0.05, 0.1) is 15.6 Å². The van der Waals surface area contributed by atoms with Gasteiger partial charge in [-0.05, 0) is 25.1 Å². The summed E-state index contributed by atoms with van der Waals surface area (Å²) in [4.78, 5) is 17.2. The number of aryl methyl sites for hydroxylation is 1. The van der Waals surface area contributed by atoms with Gasteiger partial charge in [0, 0.05) is 29.1 Å². The Labute approximate surface area is 125 Å². The summed E-state index contributed by atoms with van der Waals surface area (Å²) in [6, 6.07) is 4.83. The minimum absolute atomic E-state index is 0.192. The maximum atomic E-state index is 11.9. The minimum atomic E-state index is -0.192. The molecule has 0 bridgehead atoms. The lowest BCUT2D eigenvalue weighted by atomic mass is 10.2. The van der Waals surface area contributed by atoms with Gasteiger partial charge in [0.25, 0.3) is 5.91 Å². The van der Waals surface area contributed by atoms with Crippen molar-refractivity contribution < 1.29 is 4.79 Å². The molecule has 0 saturated carbocycles. The molecule has 0 aliphatic carbocycles. The maximum Gasteiger partial charge on any atom is 0.252 e. The predicted octanol–water partition coefficient (Wildman–Crippen LogP) is 3.73. The average molecular weight is 315 g/mol. The van der Waals surface area contributed by atoms with Gasteiger partial charge in [0.2, 0.25) is 0 Å². The Bertz CT molecular complexity index is 598. The molecule has 0 spiro atoms. The van der Waals surface area contributed by atoms with Gasteiger partial charge in [0.15, 0.2) is 0 Å². The summed E-state index contributed by atoms with van der Waals surface area (Å²) in [6.07, 6.45) is 2.60. The lowest BCUT2D eigenvalue weighted by molar-refractivity contribution is 0.0954. The van der Waals surface area contributed by atoms with Gasteiger partial charge in [-0.15, -0.1) is 11.3 Å². The number of thiazole rings is 1. The van der Waals surface area contributed by atoms with E-state index in [1.54, 1.807) is 29.5 Å². The molecule has 1 aromatic carbocycles. The van der Waals surface area contributed by atoms with E-state index in [0.29, 0.717) is 22.2 Å². The first-order valence-electron chi connectivity index (χ1n) is 5.71. The van der Waals surface area contributed by atoms with E-state index in [2.05, 4.69) is 10.3 Å². The highest BCUT2D eigenvalue weighted by Gasteiger charge is 2.10. The van der Waals surface area contributed by atoms with Crippen LogP contribution in [0.15, 0.2) is 24.4 Å². The molecule has 1 amide bonds. The molecule has 1 N–H and O–H groups in total. The third-order valence-electron chi connectivity index (χ3n) is 2.50. The Morgan fingerprint density at radius 3 is 2.84 bits per heavy atom. The third kappa shape index (κ3) is 3.93. The quantitative estimate of drug-likeness (QED) is 0.934. The first-order valence-corrected chi connectivity index (χ1v) is 7.28. The normalized spacial score (nSPS) is 10.5. The number of rotatable bonds is 4. The van der Waals surface area contributed by atoms with E-state index in [9.17, 15) is 4.79 Å². The zero-order valence-corrected chi connectivity index (χ0v) is 12.6. The second-order valence-electron chi connectivity index (χ2n) is 3.98. The van der Waals surface area contributed by atoms with Gasteiger partial charge in [-0.25, -0.2) is 4.98 Å². The van der Waals surface area contributed by atoms with Crippen LogP contribution in [-0.4, -0.2) is 17.4 Å². The Hall–Kier alpha value is -1.10. The standard InChI is InChI=1S/C13H12Cl2N2OS/c1-8-17-7-10(19-8)4-5-16-13(18)11-3-2-9(14)6-12(11)15/h2-3,6-7H,4-5H2,1H3,(H,16,18). The Morgan fingerprint density at radius 2 is 2.21 bits per heavy atom. The lowest BCUT2D eigenvalue weighted by Gasteiger charge is -2.06. The van der Waals surface area contributed by atoms with Crippen molar-refractivity contribution >= 4 is 40.4 Å². The van der Waals surface area contributed by atoms with E-state index in [1.807, 2.05) is 13.1 Å². The summed E-state index contributed by atoms with van der Waals surface area (Å²) in [5.74, 6) is -0.192. The Balaban J connectivity index is 1.90. The van der Waals surface area contributed by atoms with Gasteiger partial charge in [-0.2, -0.15) is 0 Å². The molecular weight excluding hydrogens is 303 g/mol. The van der Waals surface area contributed by atoms with Crippen molar-refractivity contribution in [3.63, 3.8) is 0 Å². The minimum Gasteiger partial charge on any atom is -0.352 e. The first-order chi connectivity index (χ1) is 9.06. The number of benzene rings is 1. The van der Waals surface area contributed by atoms with Gasteiger partial charge in [-0.3, -0.25) is 4.79 Å². The van der Waals surface area contributed by atoms with Crippen LogP contribution >= 0.6 is 34.5 Å². The van der Waals surface area contributed by atoms with Crippen LogP contribution in [-0.2, 0) is 6.42 Å². The van der Waals surface area contributed by atoms with Crippen LogP contribution in [0.4, 0.5) is 0 Å². The Morgan fingerprint density at radius 1 is 1.42 bits per heavy atom. The van der Waals surface area contributed by atoms with Gasteiger partial charge in [-0.1, -0.05) is 23.2 Å². The summed E-state index contributed by atoms with van der Waals surface area (Å²) in [7, 11) is 0. The van der Waals surface area contributed by atoms with Crippen molar-refractivity contribution in [1.82, 2.24) is 10.3 Å². The number of hydrogen-bond acceptors (Lipinski definition) is 3. The number of carbonyl (C=O) groups excluding carboxylic acids is 1. The van der Waals surface area contributed by atoms with Gasteiger partial charge >= 0.3 is 0 Å². The van der Waals surface area contributed by atoms with E-state index in [1.165, 1.54) is 0 Å². The predicted molar refractivity (Wildman–Crippen MR) is 79.4 cm³/mol. The van der Waals surface area contributed by atoms with Crippen molar-refractivity contribution in [2.75, 3.05) is 6.54 Å². The molecule has 0 fully saturated rings. The SMILES string of the molecule is Cc1ncc(CCNC(=O)c2ccc(Cl)cc2Cl)s1. The van der Waals surface area contributed by atoms with Crippen LogP contribution < -0.4 is 5.32 Å². The van der Waals surface area contributed by atoms with Gasteiger partial charge < -0.3 is 5.32 Å². The molecule has 0 saturated heterocycles. The van der Waals surface area contributed by atoms with E-state index in [4.69, 9.17) is 23.2 Å². The molecular formula is C13H12Cl2N2OS. The number of nitrogens with one attached hydrogen (secondary N) is 1. The lowest BCUT2D eigenvalue weighted by Crippen LogP contribution is -2.25. The topological polar surface area (TPSA) is 42.0 Å². The van der Waals surface area contributed by atoms with Crippen molar-refractivity contribution in [3.05, 3.63) is 49.9 Å². The fraction of sp³-hybridized carbons (Fsp3) is 0.231. The number of nitrogens with zero attached hydrogens (tertiary/aromatic N) is 1. The van der Waals surface area contributed by atoms with Crippen molar-refractivity contribution in [1.29, 1.82) is 0 Å². The van der Waals surface area contributed by atoms with Gasteiger partial charge in [0.1, 0.15) is 0 Å². The van der Waals surface area contributed by atoms with Crippen molar-refractivity contribution in [2.45, 2.75) is 13.3 Å². The molecule has 0 aliphatic rings. The zero-order chi connectivity index (χ0) is 13.8. The summed E-state index contributed by atoms with van der Waals surface area (Å²) in [5, 5.41) is 4.73. The summed E-state index contributed by atoms with van der Waals surface area (Å²) in [6.45, 7) is 2.51. The van der Waals surface area contributed by atoms with Crippen LogP contribution in [0.1, 0.15) is 20.2 Å². The molecule has 6 heteroatoms. The van der Waals surface area contributed by atoms with E-state index in [0.717, 1.165) is 16.3 Å². The summed E-state index contributed by atoms with van der Waals surface area (Å²) < 4.78 is 0.